The topological polar surface area (TPSA) is 71.1 Å². The first kappa shape index (κ1) is 12.3. The van der Waals surface area contributed by atoms with Gasteiger partial charge in [0.05, 0.1) is 5.60 Å². The molecule has 1 rings (SSSR count). The minimum Gasteiger partial charge on any atom is -0.409 e. The SMILES string of the molecule is COC1(C)CCCN(CCC(N)=NO)C1. The van der Waals surface area contributed by atoms with E-state index >= 15 is 0 Å². The van der Waals surface area contributed by atoms with E-state index in [-0.39, 0.29) is 5.60 Å². The molecule has 0 radical (unpaired) electrons. The lowest BCUT2D eigenvalue weighted by Crippen LogP contribution is -2.48. The van der Waals surface area contributed by atoms with E-state index in [1.807, 2.05) is 0 Å². The van der Waals surface area contributed by atoms with Gasteiger partial charge in [0.15, 0.2) is 0 Å². The number of rotatable bonds is 4. The molecule has 1 heterocycles. The number of nitrogens with two attached hydrogens (primary N) is 1. The molecule has 0 amide bonds. The summed E-state index contributed by atoms with van der Waals surface area (Å²) in [7, 11) is 1.76. The highest BCUT2D eigenvalue weighted by Crippen LogP contribution is 2.23. The van der Waals surface area contributed by atoms with Crippen molar-refractivity contribution in [3.63, 3.8) is 0 Å². The van der Waals surface area contributed by atoms with Crippen LogP contribution in [0.4, 0.5) is 0 Å². The number of hydrogen-bond donors (Lipinski definition) is 2. The summed E-state index contributed by atoms with van der Waals surface area (Å²) >= 11 is 0. The Bertz CT molecular complexity index is 233. The van der Waals surface area contributed by atoms with Crippen LogP contribution >= 0.6 is 0 Å². The molecule has 1 atom stereocenters. The monoisotopic (exact) mass is 215 g/mol. The molecule has 0 saturated carbocycles. The van der Waals surface area contributed by atoms with Crippen LogP contribution in [0.5, 0.6) is 0 Å². The van der Waals surface area contributed by atoms with Crippen molar-refractivity contribution in [2.24, 2.45) is 10.9 Å². The molecule has 5 nitrogen and oxygen atoms in total. The Morgan fingerprint density at radius 3 is 3.00 bits per heavy atom. The van der Waals surface area contributed by atoms with Gasteiger partial charge in [-0.2, -0.15) is 0 Å². The van der Waals surface area contributed by atoms with E-state index in [9.17, 15) is 0 Å². The first-order valence-electron chi connectivity index (χ1n) is 5.33. The number of likely N-dealkylation sites (tertiary alicyclic amines) is 1. The summed E-state index contributed by atoms with van der Waals surface area (Å²) in [6.45, 7) is 4.94. The molecular weight excluding hydrogens is 194 g/mol. The summed E-state index contributed by atoms with van der Waals surface area (Å²) in [6.07, 6.45) is 2.85. The normalized spacial score (nSPS) is 29.3. The van der Waals surface area contributed by atoms with E-state index in [4.69, 9.17) is 15.7 Å². The zero-order chi connectivity index (χ0) is 11.3. The third-order valence-electron chi connectivity index (χ3n) is 3.04. The van der Waals surface area contributed by atoms with Gasteiger partial charge >= 0.3 is 0 Å². The summed E-state index contributed by atoms with van der Waals surface area (Å²) in [5.41, 5.74) is 5.39. The van der Waals surface area contributed by atoms with E-state index in [1.165, 1.54) is 0 Å². The second-order valence-corrected chi connectivity index (χ2v) is 4.38. The molecule has 5 heteroatoms. The number of piperidine rings is 1. The number of methoxy groups -OCH3 is 1. The van der Waals surface area contributed by atoms with Gasteiger partial charge in [0.1, 0.15) is 5.84 Å². The molecule has 0 aromatic carbocycles. The molecule has 0 aromatic heterocycles. The molecule has 0 spiro atoms. The highest BCUT2D eigenvalue weighted by atomic mass is 16.5. The van der Waals surface area contributed by atoms with Crippen molar-refractivity contribution < 1.29 is 9.94 Å². The van der Waals surface area contributed by atoms with E-state index in [0.29, 0.717) is 12.3 Å². The van der Waals surface area contributed by atoms with E-state index < -0.39 is 0 Å². The van der Waals surface area contributed by atoms with Crippen LogP contribution in [-0.4, -0.2) is 48.3 Å². The molecule has 1 saturated heterocycles. The van der Waals surface area contributed by atoms with Crippen molar-refractivity contribution in [1.82, 2.24) is 4.90 Å². The average Bonchev–Trinajstić information content (AvgIpc) is 2.26. The van der Waals surface area contributed by atoms with Crippen LogP contribution in [-0.2, 0) is 4.74 Å². The molecule has 15 heavy (non-hydrogen) atoms. The van der Waals surface area contributed by atoms with Crippen molar-refractivity contribution in [2.45, 2.75) is 31.8 Å². The largest absolute Gasteiger partial charge is 0.409 e. The fourth-order valence-corrected chi connectivity index (χ4v) is 1.99. The molecule has 3 N–H and O–H groups in total. The van der Waals surface area contributed by atoms with Gasteiger partial charge in [0.25, 0.3) is 0 Å². The first-order valence-corrected chi connectivity index (χ1v) is 5.33. The molecular formula is C10H21N3O2. The van der Waals surface area contributed by atoms with Gasteiger partial charge in [-0.1, -0.05) is 5.16 Å². The second-order valence-electron chi connectivity index (χ2n) is 4.38. The van der Waals surface area contributed by atoms with Crippen molar-refractivity contribution in [3.05, 3.63) is 0 Å². The fourth-order valence-electron chi connectivity index (χ4n) is 1.99. The van der Waals surface area contributed by atoms with Crippen molar-refractivity contribution >= 4 is 5.84 Å². The van der Waals surface area contributed by atoms with Gasteiger partial charge in [-0.15, -0.1) is 0 Å². The summed E-state index contributed by atoms with van der Waals surface area (Å²) in [4.78, 5) is 2.30. The maximum absolute atomic E-state index is 8.43. The van der Waals surface area contributed by atoms with Gasteiger partial charge in [-0.25, -0.2) is 0 Å². The van der Waals surface area contributed by atoms with Crippen LogP contribution < -0.4 is 5.73 Å². The van der Waals surface area contributed by atoms with Crippen LogP contribution in [0.3, 0.4) is 0 Å². The van der Waals surface area contributed by atoms with Gasteiger partial charge in [-0.05, 0) is 26.3 Å². The Hall–Kier alpha value is -0.810. The lowest BCUT2D eigenvalue weighted by molar-refractivity contribution is -0.0499. The third kappa shape index (κ3) is 3.68. The fraction of sp³-hybridized carbons (Fsp3) is 0.900. The highest BCUT2D eigenvalue weighted by Gasteiger charge is 2.30. The lowest BCUT2D eigenvalue weighted by Gasteiger charge is -2.39. The highest BCUT2D eigenvalue weighted by molar-refractivity contribution is 5.79. The Kier molecular flexibility index (Phi) is 4.35. The smallest absolute Gasteiger partial charge is 0.140 e. The molecule has 0 aromatic rings. The zero-order valence-electron chi connectivity index (χ0n) is 9.57. The average molecular weight is 215 g/mol. The van der Waals surface area contributed by atoms with Crippen molar-refractivity contribution in [3.8, 4) is 0 Å². The summed E-state index contributed by atoms with van der Waals surface area (Å²) in [6, 6.07) is 0. The van der Waals surface area contributed by atoms with Crippen LogP contribution in [0, 0.1) is 0 Å². The van der Waals surface area contributed by atoms with Crippen LogP contribution in [0.25, 0.3) is 0 Å². The Balaban J connectivity index is 2.37. The lowest BCUT2D eigenvalue weighted by atomic mass is 9.94. The van der Waals surface area contributed by atoms with E-state index in [2.05, 4.69) is 17.0 Å². The number of nitrogens with zero attached hydrogens (tertiary/aromatic N) is 2. The summed E-state index contributed by atoms with van der Waals surface area (Å²) in [5.74, 6) is 0.291. The molecule has 1 aliphatic heterocycles. The number of oxime groups is 1. The van der Waals surface area contributed by atoms with Crippen LogP contribution in [0.15, 0.2) is 5.16 Å². The van der Waals surface area contributed by atoms with E-state index in [1.54, 1.807) is 7.11 Å². The minimum absolute atomic E-state index is 0.0383. The van der Waals surface area contributed by atoms with Gasteiger partial charge < -0.3 is 20.6 Å². The molecule has 0 bridgehead atoms. The van der Waals surface area contributed by atoms with Crippen molar-refractivity contribution in [2.75, 3.05) is 26.7 Å². The van der Waals surface area contributed by atoms with Gasteiger partial charge in [-0.3, -0.25) is 0 Å². The zero-order valence-corrected chi connectivity index (χ0v) is 9.57. The van der Waals surface area contributed by atoms with Gasteiger partial charge in [0.2, 0.25) is 0 Å². The Morgan fingerprint density at radius 1 is 1.67 bits per heavy atom. The number of ether oxygens (including phenoxy) is 1. The number of hydrogen-bond acceptors (Lipinski definition) is 4. The standard InChI is InChI=1S/C10H21N3O2/c1-10(15-2)5-3-6-13(8-10)7-4-9(11)12-14/h14H,3-8H2,1-2H3,(H2,11,12). The quantitative estimate of drug-likeness (QED) is 0.312. The summed E-state index contributed by atoms with van der Waals surface area (Å²) < 4.78 is 5.49. The molecule has 0 aliphatic carbocycles. The van der Waals surface area contributed by atoms with Crippen LogP contribution in [0.2, 0.25) is 0 Å². The molecule has 88 valence electrons. The molecule has 1 fully saturated rings. The maximum atomic E-state index is 8.43. The van der Waals surface area contributed by atoms with Crippen LogP contribution in [0.1, 0.15) is 26.2 Å². The minimum atomic E-state index is -0.0383. The summed E-state index contributed by atoms with van der Waals surface area (Å²) in [5, 5.41) is 11.4. The molecule has 1 aliphatic rings. The number of amidine groups is 1. The van der Waals surface area contributed by atoms with Crippen molar-refractivity contribution in [1.29, 1.82) is 0 Å². The predicted octanol–water partition coefficient (Wildman–Crippen LogP) is 0.624. The van der Waals surface area contributed by atoms with E-state index in [0.717, 1.165) is 32.5 Å². The molecule has 1 unspecified atom stereocenters. The Labute approximate surface area is 90.9 Å². The van der Waals surface area contributed by atoms with Gasteiger partial charge in [0, 0.05) is 26.6 Å². The predicted molar refractivity (Wildman–Crippen MR) is 59.1 cm³/mol. The maximum Gasteiger partial charge on any atom is 0.140 e. The second kappa shape index (κ2) is 5.32. The first-order chi connectivity index (χ1) is 7.09. The third-order valence-corrected chi connectivity index (χ3v) is 3.04. The Morgan fingerprint density at radius 2 is 2.40 bits per heavy atom.